The van der Waals surface area contributed by atoms with E-state index in [1.807, 2.05) is 0 Å². The van der Waals surface area contributed by atoms with Crippen LogP contribution in [0, 0.1) is 0 Å². The summed E-state index contributed by atoms with van der Waals surface area (Å²) in [5, 5.41) is 7.39. The molecule has 0 spiro atoms. The summed E-state index contributed by atoms with van der Waals surface area (Å²) in [5.74, 6) is 0. The summed E-state index contributed by atoms with van der Waals surface area (Å²) in [6, 6.07) is 83.0. The van der Waals surface area contributed by atoms with E-state index in [-0.39, 0.29) is 0 Å². The van der Waals surface area contributed by atoms with E-state index < -0.39 is 0 Å². The molecule has 0 atom stereocenters. The minimum absolute atomic E-state index is 1.10. The number of nitrogens with zero attached hydrogens (tertiary/aromatic N) is 2. The lowest BCUT2D eigenvalue weighted by molar-refractivity contribution is 1.29. The zero-order chi connectivity index (χ0) is 37.3. The van der Waals surface area contributed by atoms with Crippen molar-refractivity contribution in [3.8, 4) is 22.3 Å². The van der Waals surface area contributed by atoms with Crippen LogP contribution in [0.4, 0.5) is 34.1 Å². The van der Waals surface area contributed by atoms with E-state index in [2.05, 4.69) is 240 Å². The number of fused-ring (bicyclic) bond motifs is 4. The molecule has 0 fully saturated rings. The Bertz CT molecular complexity index is 2930. The molecule has 10 aromatic rings. The van der Waals surface area contributed by atoms with E-state index in [1.54, 1.807) is 0 Å². The van der Waals surface area contributed by atoms with Crippen molar-refractivity contribution >= 4 is 66.4 Å². The van der Waals surface area contributed by atoms with E-state index in [0.29, 0.717) is 0 Å². The molecule has 2 heteroatoms. The number of rotatable bonds is 8. The van der Waals surface area contributed by atoms with Crippen molar-refractivity contribution in [1.82, 2.24) is 0 Å². The molecule has 0 aliphatic heterocycles. The van der Waals surface area contributed by atoms with Gasteiger partial charge in [0.05, 0.1) is 11.4 Å². The van der Waals surface area contributed by atoms with Gasteiger partial charge in [0.1, 0.15) is 0 Å². The molecular weight excluding hydrogens is 677 g/mol. The number of hydrogen-bond acceptors (Lipinski definition) is 2. The molecule has 0 bridgehead atoms. The van der Waals surface area contributed by atoms with Gasteiger partial charge in [-0.1, -0.05) is 170 Å². The van der Waals surface area contributed by atoms with Gasteiger partial charge in [0.15, 0.2) is 0 Å². The first kappa shape index (κ1) is 33.2. The zero-order valence-corrected chi connectivity index (χ0v) is 30.8. The molecule has 0 saturated carbocycles. The fourth-order valence-corrected chi connectivity index (χ4v) is 8.09. The third-order valence-corrected chi connectivity index (χ3v) is 10.8. The third-order valence-electron chi connectivity index (χ3n) is 10.8. The Kier molecular flexibility index (Phi) is 8.55. The van der Waals surface area contributed by atoms with Crippen LogP contribution in [-0.2, 0) is 0 Å². The number of benzene rings is 10. The van der Waals surface area contributed by atoms with E-state index in [0.717, 1.165) is 34.1 Å². The summed E-state index contributed by atoms with van der Waals surface area (Å²) in [4.78, 5) is 4.75. The molecule has 0 amide bonds. The van der Waals surface area contributed by atoms with Crippen LogP contribution < -0.4 is 9.80 Å². The lowest BCUT2D eigenvalue weighted by atomic mass is 9.98. The van der Waals surface area contributed by atoms with E-state index in [4.69, 9.17) is 0 Å². The third kappa shape index (κ3) is 6.14. The summed E-state index contributed by atoms with van der Waals surface area (Å²) in [6.07, 6.45) is 0. The standard InChI is InChI=1S/C54H38N2/c1-3-14-39(15-4-1)40-26-32-46(33-27-40)55(53-25-13-18-43-16-7-10-22-50(43)53)47-34-28-41(29-35-47)42-30-36-48(37-31-42)56(45-19-5-2-6-20-45)54-38-44-17-8-9-21-49(44)51-23-11-12-24-52(51)54/h1-38H. The van der Waals surface area contributed by atoms with Gasteiger partial charge >= 0.3 is 0 Å². The Morgan fingerprint density at radius 3 is 1.20 bits per heavy atom. The molecule has 0 saturated heterocycles. The highest BCUT2D eigenvalue weighted by Gasteiger charge is 2.19. The number of hydrogen-bond donors (Lipinski definition) is 0. The van der Waals surface area contributed by atoms with E-state index in [1.165, 1.54) is 54.6 Å². The fraction of sp³-hybridized carbons (Fsp3) is 0. The molecule has 0 heterocycles. The fourth-order valence-electron chi connectivity index (χ4n) is 8.09. The summed E-state index contributed by atoms with van der Waals surface area (Å²) >= 11 is 0. The van der Waals surface area contributed by atoms with Crippen LogP contribution in [0.25, 0.3) is 54.6 Å². The van der Waals surface area contributed by atoms with Crippen LogP contribution in [-0.4, -0.2) is 0 Å². The summed E-state index contributed by atoms with van der Waals surface area (Å²) in [5.41, 5.74) is 11.5. The van der Waals surface area contributed by atoms with Gasteiger partial charge in [-0.05, 0) is 104 Å². The largest absolute Gasteiger partial charge is 0.310 e. The molecule has 10 rings (SSSR count). The first-order valence-electron chi connectivity index (χ1n) is 19.2. The first-order chi connectivity index (χ1) is 27.8. The Morgan fingerprint density at radius 2 is 0.607 bits per heavy atom. The molecule has 0 N–H and O–H groups in total. The Labute approximate surface area is 327 Å². The average Bonchev–Trinajstić information content (AvgIpc) is 3.28. The molecule has 0 unspecified atom stereocenters. The molecule has 264 valence electrons. The molecule has 10 aromatic carbocycles. The maximum absolute atomic E-state index is 2.38. The zero-order valence-electron chi connectivity index (χ0n) is 30.8. The predicted octanol–water partition coefficient (Wildman–Crippen LogP) is 15.4. The Balaban J connectivity index is 1.02. The second kappa shape index (κ2) is 14.4. The summed E-state index contributed by atoms with van der Waals surface area (Å²) in [7, 11) is 0. The Hall–Kier alpha value is -7.42. The van der Waals surface area contributed by atoms with Crippen LogP contribution in [0.2, 0.25) is 0 Å². The highest BCUT2D eigenvalue weighted by molar-refractivity contribution is 6.14. The van der Waals surface area contributed by atoms with Crippen LogP contribution in [0.5, 0.6) is 0 Å². The van der Waals surface area contributed by atoms with Gasteiger partial charge in [-0.3, -0.25) is 0 Å². The van der Waals surface area contributed by atoms with Crippen LogP contribution in [0.15, 0.2) is 231 Å². The van der Waals surface area contributed by atoms with Crippen molar-refractivity contribution in [2.24, 2.45) is 0 Å². The predicted molar refractivity (Wildman–Crippen MR) is 239 cm³/mol. The minimum atomic E-state index is 1.10. The maximum atomic E-state index is 2.38. The molecule has 2 nitrogen and oxygen atoms in total. The SMILES string of the molecule is c1ccc(-c2ccc(N(c3ccc(-c4ccc(N(c5ccccc5)c5cc6ccccc6c6ccccc56)cc4)cc3)c3cccc4ccccc34)cc2)cc1. The van der Waals surface area contributed by atoms with Crippen LogP contribution >= 0.6 is 0 Å². The second-order valence-electron chi connectivity index (χ2n) is 14.2. The van der Waals surface area contributed by atoms with Gasteiger partial charge < -0.3 is 9.80 Å². The van der Waals surface area contributed by atoms with Crippen molar-refractivity contribution in [3.05, 3.63) is 231 Å². The second-order valence-corrected chi connectivity index (χ2v) is 14.2. The number of para-hydroxylation sites is 1. The Morgan fingerprint density at radius 1 is 0.214 bits per heavy atom. The van der Waals surface area contributed by atoms with Gasteiger partial charge in [-0.25, -0.2) is 0 Å². The van der Waals surface area contributed by atoms with Crippen LogP contribution in [0.3, 0.4) is 0 Å². The summed E-state index contributed by atoms with van der Waals surface area (Å²) in [6.45, 7) is 0. The van der Waals surface area contributed by atoms with Gasteiger partial charge in [-0.2, -0.15) is 0 Å². The van der Waals surface area contributed by atoms with Crippen LogP contribution in [0.1, 0.15) is 0 Å². The average molecular weight is 715 g/mol. The molecule has 56 heavy (non-hydrogen) atoms. The molecule has 0 radical (unpaired) electrons. The van der Waals surface area contributed by atoms with Crippen molar-refractivity contribution in [2.75, 3.05) is 9.80 Å². The molecular formula is C54H38N2. The lowest BCUT2D eigenvalue weighted by Crippen LogP contribution is -2.10. The maximum Gasteiger partial charge on any atom is 0.0546 e. The monoisotopic (exact) mass is 714 g/mol. The van der Waals surface area contributed by atoms with Crippen molar-refractivity contribution in [1.29, 1.82) is 0 Å². The normalized spacial score (nSPS) is 11.2. The van der Waals surface area contributed by atoms with Gasteiger partial charge in [0.2, 0.25) is 0 Å². The lowest BCUT2D eigenvalue weighted by Gasteiger charge is -2.28. The first-order valence-corrected chi connectivity index (χ1v) is 19.2. The van der Waals surface area contributed by atoms with Crippen molar-refractivity contribution in [3.63, 3.8) is 0 Å². The van der Waals surface area contributed by atoms with Crippen molar-refractivity contribution in [2.45, 2.75) is 0 Å². The van der Waals surface area contributed by atoms with Gasteiger partial charge in [0, 0.05) is 33.5 Å². The van der Waals surface area contributed by atoms with Gasteiger partial charge in [0.25, 0.3) is 0 Å². The molecule has 0 aliphatic carbocycles. The van der Waals surface area contributed by atoms with E-state index in [9.17, 15) is 0 Å². The topological polar surface area (TPSA) is 6.48 Å². The highest BCUT2D eigenvalue weighted by Crippen LogP contribution is 2.43. The summed E-state index contributed by atoms with van der Waals surface area (Å²) < 4.78 is 0. The molecule has 0 aliphatic rings. The smallest absolute Gasteiger partial charge is 0.0546 e. The highest BCUT2D eigenvalue weighted by atomic mass is 15.1. The molecule has 0 aromatic heterocycles. The quantitative estimate of drug-likeness (QED) is 0.145. The van der Waals surface area contributed by atoms with Gasteiger partial charge in [-0.15, -0.1) is 0 Å². The van der Waals surface area contributed by atoms with Crippen molar-refractivity contribution < 1.29 is 0 Å². The van der Waals surface area contributed by atoms with E-state index >= 15 is 0 Å². The minimum Gasteiger partial charge on any atom is -0.310 e. The number of anilines is 6.